The molecule has 48 heavy (non-hydrogen) atoms. The third-order valence-corrected chi connectivity index (χ3v) is 14.6. The van der Waals surface area contributed by atoms with Crippen LogP contribution in [0.5, 0.6) is 0 Å². The Hall–Kier alpha value is -3.07. The van der Waals surface area contributed by atoms with Gasteiger partial charge in [0.2, 0.25) is 0 Å². The van der Waals surface area contributed by atoms with Crippen molar-refractivity contribution >= 4 is 45.4 Å². The summed E-state index contributed by atoms with van der Waals surface area (Å²) in [4.78, 5) is 70.9. The van der Waals surface area contributed by atoms with Gasteiger partial charge in [0.1, 0.15) is 16.9 Å². The number of hydrogen-bond acceptors (Lipinski definition) is 8. The van der Waals surface area contributed by atoms with Crippen molar-refractivity contribution in [2.75, 3.05) is 14.2 Å². The first kappa shape index (κ1) is 34.8. The standard InChI is InChI=1S/C39H47BrO8/c1-20-15-17-36(5)22(3)27(19-29(41)38(20,36)34(44)46-7)26-13-14-28(48-33(43)24-9-11-25(40)12-10-24)30-23(4)37(6)18-16-21(2)39(37,35(45)47-8)32(42)31(26)30/h9-12,19-23,26,28H,13-18H2,1-8H3/t20-,21-,22-,23-,26+,28-,36+,37+,38-,39-/m1/s1. The van der Waals surface area contributed by atoms with E-state index in [9.17, 15) is 19.2 Å². The minimum absolute atomic E-state index is 0.204. The van der Waals surface area contributed by atoms with Crippen LogP contribution in [0.3, 0.4) is 0 Å². The second kappa shape index (κ2) is 11.8. The molecule has 0 heterocycles. The molecule has 5 aliphatic carbocycles. The lowest BCUT2D eigenvalue weighted by Gasteiger charge is -2.56. The van der Waals surface area contributed by atoms with E-state index < -0.39 is 51.6 Å². The molecule has 0 radical (unpaired) electrons. The summed E-state index contributed by atoms with van der Waals surface area (Å²) in [7, 11) is 2.67. The van der Waals surface area contributed by atoms with Crippen LogP contribution in [0.2, 0.25) is 0 Å². The van der Waals surface area contributed by atoms with Crippen molar-refractivity contribution in [1.82, 2.24) is 0 Å². The summed E-state index contributed by atoms with van der Waals surface area (Å²) < 4.78 is 17.9. The second-order valence-electron chi connectivity index (χ2n) is 15.5. The van der Waals surface area contributed by atoms with Gasteiger partial charge in [0.25, 0.3) is 0 Å². The van der Waals surface area contributed by atoms with E-state index in [-0.39, 0.29) is 35.2 Å². The molecule has 1 aromatic carbocycles. The molecule has 0 aromatic heterocycles. The monoisotopic (exact) mass is 722 g/mol. The zero-order valence-electron chi connectivity index (χ0n) is 29.2. The predicted molar refractivity (Wildman–Crippen MR) is 181 cm³/mol. The zero-order chi connectivity index (χ0) is 35.1. The number of halogens is 1. The van der Waals surface area contributed by atoms with Gasteiger partial charge in [-0.15, -0.1) is 0 Å². The summed E-state index contributed by atoms with van der Waals surface area (Å²) in [6.07, 6.45) is 4.50. The highest BCUT2D eigenvalue weighted by Crippen LogP contribution is 2.70. The van der Waals surface area contributed by atoms with Gasteiger partial charge in [0.15, 0.2) is 11.6 Å². The normalized spacial score (nSPS) is 40.4. The molecule has 6 rings (SSSR count). The number of esters is 3. The lowest BCUT2D eigenvalue weighted by Crippen LogP contribution is -2.61. The van der Waals surface area contributed by atoms with Crippen molar-refractivity contribution in [3.8, 4) is 0 Å². The number of methoxy groups -OCH3 is 2. The molecule has 0 aliphatic heterocycles. The molecule has 0 bridgehead atoms. The number of allylic oxidation sites excluding steroid dienone is 3. The van der Waals surface area contributed by atoms with Crippen LogP contribution in [0.15, 0.2) is 51.5 Å². The quantitative estimate of drug-likeness (QED) is 0.178. The molecule has 0 unspecified atom stereocenters. The molecule has 0 N–H and O–H groups in total. The first-order valence-corrected chi connectivity index (χ1v) is 18.1. The molecule has 9 heteroatoms. The van der Waals surface area contributed by atoms with Crippen molar-refractivity contribution < 1.29 is 38.2 Å². The van der Waals surface area contributed by atoms with E-state index in [0.717, 1.165) is 15.6 Å². The summed E-state index contributed by atoms with van der Waals surface area (Å²) in [6, 6.07) is 6.96. The average Bonchev–Trinajstić information content (AvgIpc) is 3.52. The van der Waals surface area contributed by atoms with E-state index in [1.165, 1.54) is 14.2 Å². The highest BCUT2D eigenvalue weighted by atomic mass is 79.9. The highest BCUT2D eigenvalue weighted by molar-refractivity contribution is 9.10. The van der Waals surface area contributed by atoms with Crippen LogP contribution in [0.1, 0.15) is 90.4 Å². The summed E-state index contributed by atoms with van der Waals surface area (Å²) in [5.74, 6) is -3.59. The van der Waals surface area contributed by atoms with E-state index in [4.69, 9.17) is 14.2 Å². The Kier molecular flexibility index (Phi) is 8.53. The molecule has 10 atom stereocenters. The lowest BCUT2D eigenvalue weighted by atomic mass is 9.46. The highest BCUT2D eigenvalue weighted by Gasteiger charge is 2.73. The van der Waals surface area contributed by atoms with Gasteiger partial charge < -0.3 is 14.2 Å². The number of Topliss-reactive ketones (excluding diaryl/α,β-unsaturated/α-hetero) is 1. The number of benzene rings is 1. The first-order chi connectivity index (χ1) is 22.6. The predicted octanol–water partition coefficient (Wildman–Crippen LogP) is 7.24. The Morgan fingerprint density at radius 3 is 1.90 bits per heavy atom. The van der Waals surface area contributed by atoms with Crippen molar-refractivity contribution in [2.45, 2.75) is 86.2 Å². The topological polar surface area (TPSA) is 113 Å². The molecule has 1 aromatic rings. The average molecular weight is 724 g/mol. The minimum atomic E-state index is -1.42. The Morgan fingerprint density at radius 2 is 1.31 bits per heavy atom. The van der Waals surface area contributed by atoms with Crippen LogP contribution >= 0.6 is 15.9 Å². The van der Waals surface area contributed by atoms with Gasteiger partial charge in [-0.05, 0) is 109 Å². The molecule has 2 saturated carbocycles. The van der Waals surface area contributed by atoms with E-state index >= 15 is 4.79 Å². The number of carbonyl (C=O) groups excluding carboxylic acids is 5. The molecule has 0 amide bonds. The molecule has 0 saturated heterocycles. The molecule has 0 spiro atoms. The van der Waals surface area contributed by atoms with Crippen LogP contribution in [0.4, 0.5) is 0 Å². The molecular formula is C39H47BrO8. The molecular weight excluding hydrogens is 676 g/mol. The van der Waals surface area contributed by atoms with Gasteiger partial charge >= 0.3 is 17.9 Å². The fourth-order valence-corrected chi connectivity index (χ4v) is 11.5. The smallest absolute Gasteiger partial charge is 0.338 e. The van der Waals surface area contributed by atoms with Gasteiger partial charge in [0, 0.05) is 16.0 Å². The van der Waals surface area contributed by atoms with E-state index in [2.05, 4.69) is 22.9 Å². The van der Waals surface area contributed by atoms with Crippen molar-refractivity contribution in [3.05, 3.63) is 57.1 Å². The Bertz CT molecular complexity index is 1660. The maximum atomic E-state index is 15.4. The van der Waals surface area contributed by atoms with Gasteiger partial charge in [-0.1, -0.05) is 63.0 Å². The number of carbonyl (C=O) groups is 5. The molecule has 5 aliphatic rings. The number of hydrogen-bond donors (Lipinski definition) is 0. The summed E-state index contributed by atoms with van der Waals surface area (Å²) in [6.45, 7) is 12.0. The zero-order valence-corrected chi connectivity index (χ0v) is 30.8. The molecule has 8 nitrogen and oxygen atoms in total. The number of fused-ring (bicyclic) bond motifs is 2. The lowest BCUT2D eigenvalue weighted by molar-refractivity contribution is -0.173. The maximum Gasteiger partial charge on any atom is 0.338 e. The van der Waals surface area contributed by atoms with Crippen LogP contribution < -0.4 is 0 Å². The molecule has 2 fully saturated rings. The Balaban J connectivity index is 1.55. The third kappa shape index (κ3) is 4.21. The fourth-order valence-electron chi connectivity index (χ4n) is 11.2. The van der Waals surface area contributed by atoms with Crippen molar-refractivity contribution in [2.24, 2.45) is 51.2 Å². The van der Waals surface area contributed by atoms with Crippen LogP contribution in [0.25, 0.3) is 0 Å². The van der Waals surface area contributed by atoms with Crippen LogP contribution in [0, 0.1) is 51.2 Å². The van der Waals surface area contributed by atoms with E-state index in [1.54, 1.807) is 30.3 Å². The van der Waals surface area contributed by atoms with Gasteiger partial charge in [-0.2, -0.15) is 0 Å². The van der Waals surface area contributed by atoms with Crippen molar-refractivity contribution in [1.29, 1.82) is 0 Å². The van der Waals surface area contributed by atoms with E-state index in [0.29, 0.717) is 49.7 Å². The largest absolute Gasteiger partial charge is 0.468 e. The Labute approximate surface area is 291 Å². The minimum Gasteiger partial charge on any atom is -0.468 e. The van der Waals surface area contributed by atoms with Crippen molar-refractivity contribution in [3.63, 3.8) is 0 Å². The second-order valence-corrected chi connectivity index (χ2v) is 16.4. The number of ketones is 2. The van der Waals surface area contributed by atoms with Crippen LogP contribution in [-0.2, 0) is 33.4 Å². The third-order valence-electron chi connectivity index (χ3n) is 14.1. The number of rotatable bonds is 5. The number of ether oxygens (including phenoxy) is 3. The maximum absolute atomic E-state index is 15.4. The summed E-state index contributed by atoms with van der Waals surface area (Å²) in [5.41, 5.74) is -1.80. The van der Waals surface area contributed by atoms with Gasteiger partial charge in [-0.25, -0.2) is 4.79 Å². The van der Waals surface area contributed by atoms with E-state index in [1.807, 2.05) is 34.6 Å². The summed E-state index contributed by atoms with van der Waals surface area (Å²) in [5, 5.41) is 0. The van der Waals surface area contributed by atoms with Gasteiger partial charge in [0.05, 0.1) is 19.8 Å². The Morgan fingerprint density at radius 1 is 0.771 bits per heavy atom. The fraction of sp³-hybridized carbons (Fsp3) is 0.615. The summed E-state index contributed by atoms with van der Waals surface area (Å²) >= 11 is 3.42. The van der Waals surface area contributed by atoms with Crippen LogP contribution in [-0.4, -0.2) is 49.8 Å². The molecule has 258 valence electrons. The van der Waals surface area contributed by atoms with Gasteiger partial charge in [-0.3, -0.25) is 19.2 Å². The SMILES string of the molecule is COC(=O)[C@@]12C(=O)C3=C([C@@H](C)[C@]1(C)CC[C@H]2C)[C@H](OC(=O)c1ccc(Br)cc1)CC[C@H]3C1=CC(=O)[C@@]2(C(=O)OC)[C@H](C)CC[C@@]2(C)[C@@H]1C. The first-order valence-electron chi connectivity index (χ1n) is 17.3.